The molecule has 1 aliphatic rings. The summed E-state index contributed by atoms with van der Waals surface area (Å²) in [6, 6.07) is 15.8. The number of hydrogen-bond acceptors (Lipinski definition) is 7. The lowest BCUT2D eigenvalue weighted by molar-refractivity contribution is 0.305. The minimum atomic E-state index is -3.55. The minimum Gasteiger partial charge on any atom is -0.497 e. The van der Waals surface area contributed by atoms with Crippen LogP contribution in [0.15, 0.2) is 65.8 Å². The number of anilines is 1. The van der Waals surface area contributed by atoms with E-state index in [0.29, 0.717) is 47.7 Å². The predicted octanol–water partition coefficient (Wildman–Crippen LogP) is 3.49. The smallest absolute Gasteiger partial charge is 0.243 e. The van der Waals surface area contributed by atoms with Gasteiger partial charge in [-0.2, -0.15) is 4.31 Å². The maximum absolute atomic E-state index is 13.1. The summed E-state index contributed by atoms with van der Waals surface area (Å²) in [6.45, 7) is 5.25. The summed E-state index contributed by atoms with van der Waals surface area (Å²) in [7, 11) is -1.95. The fraction of sp³-hybridized carbons (Fsp3) is 0.304. The van der Waals surface area contributed by atoms with Crippen LogP contribution in [0.4, 0.5) is 5.82 Å². The molecule has 32 heavy (non-hydrogen) atoms. The van der Waals surface area contributed by atoms with E-state index in [9.17, 15) is 8.42 Å². The van der Waals surface area contributed by atoms with Gasteiger partial charge in [0.25, 0.3) is 0 Å². The lowest BCUT2D eigenvalue weighted by Crippen LogP contribution is -2.54. The molecule has 0 bridgehead atoms. The van der Waals surface area contributed by atoms with E-state index in [1.54, 1.807) is 35.7 Å². The molecule has 0 aliphatic carbocycles. The molecular formula is C23H26N4O4S. The summed E-state index contributed by atoms with van der Waals surface area (Å²) in [4.78, 5) is 10.9. The second-order valence-corrected chi connectivity index (χ2v) is 9.61. The Morgan fingerprint density at radius 3 is 2.47 bits per heavy atom. The number of rotatable bonds is 6. The van der Waals surface area contributed by atoms with Gasteiger partial charge in [-0.05, 0) is 38.1 Å². The Morgan fingerprint density at radius 2 is 1.75 bits per heavy atom. The highest BCUT2D eigenvalue weighted by Crippen LogP contribution is 2.28. The second kappa shape index (κ2) is 9.13. The first kappa shape index (κ1) is 22.0. The molecule has 1 atom stereocenters. The Bertz CT molecular complexity index is 1180. The van der Waals surface area contributed by atoms with Gasteiger partial charge in [0.1, 0.15) is 23.6 Å². The first-order valence-electron chi connectivity index (χ1n) is 10.3. The van der Waals surface area contributed by atoms with E-state index in [2.05, 4.69) is 9.97 Å². The van der Waals surface area contributed by atoms with Crippen LogP contribution in [0.1, 0.15) is 12.5 Å². The zero-order chi connectivity index (χ0) is 22.7. The van der Waals surface area contributed by atoms with Crippen LogP contribution in [0.25, 0.3) is 0 Å². The highest BCUT2D eigenvalue weighted by Gasteiger charge is 2.34. The van der Waals surface area contributed by atoms with E-state index in [-0.39, 0.29) is 6.04 Å². The van der Waals surface area contributed by atoms with Crippen LogP contribution in [-0.2, 0) is 10.0 Å². The van der Waals surface area contributed by atoms with Crippen molar-refractivity contribution in [3.8, 4) is 17.4 Å². The van der Waals surface area contributed by atoms with E-state index in [4.69, 9.17) is 9.47 Å². The number of benzene rings is 2. The van der Waals surface area contributed by atoms with Gasteiger partial charge in [0.2, 0.25) is 15.9 Å². The molecule has 0 radical (unpaired) electrons. The Labute approximate surface area is 188 Å². The van der Waals surface area contributed by atoms with Crippen LogP contribution >= 0.6 is 0 Å². The van der Waals surface area contributed by atoms with Crippen LogP contribution in [-0.4, -0.2) is 55.5 Å². The van der Waals surface area contributed by atoms with Crippen molar-refractivity contribution in [3.63, 3.8) is 0 Å². The average Bonchev–Trinajstić information content (AvgIpc) is 2.79. The third-order valence-electron chi connectivity index (χ3n) is 5.41. The molecular weight excluding hydrogens is 428 g/mol. The van der Waals surface area contributed by atoms with E-state index in [0.717, 1.165) is 5.56 Å². The highest BCUT2D eigenvalue weighted by atomic mass is 32.2. The molecule has 1 aliphatic heterocycles. The average molecular weight is 455 g/mol. The molecule has 1 fully saturated rings. The Hall–Kier alpha value is -3.17. The van der Waals surface area contributed by atoms with Crippen molar-refractivity contribution in [3.05, 3.63) is 66.5 Å². The summed E-state index contributed by atoms with van der Waals surface area (Å²) in [6.07, 6.45) is 1.45. The van der Waals surface area contributed by atoms with Gasteiger partial charge >= 0.3 is 0 Å². The number of hydrogen-bond donors (Lipinski definition) is 0. The van der Waals surface area contributed by atoms with Crippen LogP contribution in [0, 0.1) is 6.92 Å². The highest BCUT2D eigenvalue weighted by molar-refractivity contribution is 7.89. The maximum Gasteiger partial charge on any atom is 0.243 e. The van der Waals surface area contributed by atoms with Gasteiger partial charge in [-0.15, -0.1) is 0 Å². The lowest BCUT2D eigenvalue weighted by atomic mass is 10.2. The summed E-state index contributed by atoms with van der Waals surface area (Å²) < 4.78 is 38.9. The molecule has 9 heteroatoms. The largest absolute Gasteiger partial charge is 0.497 e. The Morgan fingerprint density at radius 1 is 1.00 bits per heavy atom. The zero-order valence-corrected chi connectivity index (χ0v) is 19.1. The fourth-order valence-electron chi connectivity index (χ4n) is 3.70. The summed E-state index contributed by atoms with van der Waals surface area (Å²) >= 11 is 0. The van der Waals surface area contributed by atoms with Crippen molar-refractivity contribution in [2.45, 2.75) is 24.8 Å². The van der Waals surface area contributed by atoms with Crippen molar-refractivity contribution in [2.24, 2.45) is 0 Å². The molecule has 0 amide bonds. The van der Waals surface area contributed by atoms with Crippen molar-refractivity contribution in [1.82, 2.24) is 14.3 Å². The molecule has 0 saturated carbocycles. The van der Waals surface area contributed by atoms with Gasteiger partial charge in [0.05, 0.1) is 12.0 Å². The summed E-state index contributed by atoms with van der Waals surface area (Å²) in [5.74, 6) is 2.40. The zero-order valence-electron chi connectivity index (χ0n) is 18.3. The fourth-order valence-corrected chi connectivity index (χ4v) is 5.31. The molecule has 0 spiro atoms. The number of aromatic nitrogens is 2. The van der Waals surface area contributed by atoms with Crippen LogP contribution in [0.3, 0.4) is 0 Å². The maximum atomic E-state index is 13.1. The third-order valence-corrected chi connectivity index (χ3v) is 7.44. The topological polar surface area (TPSA) is 84.9 Å². The van der Waals surface area contributed by atoms with Crippen molar-refractivity contribution in [1.29, 1.82) is 0 Å². The van der Waals surface area contributed by atoms with Crippen molar-refractivity contribution in [2.75, 3.05) is 31.6 Å². The normalized spacial score (nSPS) is 17.2. The van der Waals surface area contributed by atoms with Gasteiger partial charge in [-0.1, -0.05) is 23.8 Å². The number of ether oxygens (including phenoxy) is 2. The quantitative estimate of drug-likeness (QED) is 0.564. The van der Waals surface area contributed by atoms with Crippen LogP contribution < -0.4 is 14.4 Å². The number of aryl methyl sites for hydroxylation is 1. The lowest BCUT2D eigenvalue weighted by Gasteiger charge is -2.39. The number of methoxy groups -OCH3 is 1. The van der Waals surface area contributed by atoms with Gasteiger partial charge < -0.3 is 14.4 Å². The van der Waals surface area contributed by atoms with Gasteiger partial charge in [0.15, 0.2) is 0 Å². The number of piperazine rings is 1. The van der Waals surface area contributed by atoms with Gasteiger partial charge in [0, 0.05) is 37.8 Å². The van der Waals surface area contributed by atoms with Crippen LogP contribution in [0.5, 0.6) is 17.4 Å². The molecule has 168 valence electrons. The first-order chi connectivity index (χ1) is 15.4. The second-order valence-electron chi connectivity index (χ2n) is 7.72. The van der Waals surface area contributed by atoms with E-state index in [1.807, 2.05) is 49.1 Å². The molecule has 0 unspecified atom stereocenters. The molecule has 1 saturated heterocycles. The summed E-state index contributed by atoms with van der Waals surface area (Å²) in [5.41, 5.74) is 1.03. The van der Waals surface area contributed by atoms with E-state index < -0.39 is 10.0 Å². The first-order valence-corrected chi connectivity index (χ1v) is 11.8. The van der Waals surface area contributed by atoms with Gasteiger partial charge in [-0.3, -0.25) is 0 Å². The standard InChI is InChI=1S/C23H26N4O4S/c1-17-7-9-21(10-8-17)32(28,29)27-12-11-26(15-18(27)2)22-14-23(25-16-24-22)31-20-6-4-5-19(13-20)30-3/h4-10,13-14,16,18H,11-12,15H2,1-3H3/t18-/m0/s1. The SMILES string of the molecule is COc1cccc(Oc2cc(N3CCN(S(=O)(=O)c4ccc(C)cc4)[C@@H](C)C3)ncn2)c1. The van der Waals surface area contributed by atoms with Crippen molar-refractivity contribution < 1.29 is 17.9 Å². The molecule has 4 rings (SSSR count). The Kier molecular flexibility index (Phi) is 6.29. The molecule has 2 heterocycles. The molecule has 0 N–H and O–H groups in total. The van der Waals surface area contributed by atoms with Crippen molar-refractivity contribution >= 4 is 15.8 Å². The minimum absolute atomic E-state index is 0.215. The summed E-state index contributed by atoms with van der Waals surface area (Å²) in [5, 5.41) is 0. The third kappa shape index (κ3) is 4.68. The Balaban J connectivity index is 1.47. The number of nitrogens with zero attached hydrogens (tertiary/aromatic N) is 4. The monoisotopic (exact) mass is 454 g/mol. The van der Waals surface area contributed by atoms with E-state index >= 15 is 0 Å². The molecule has 2 aromatic carbocycles. The van der Waals surface area contributed by atoms with Gasteiger partial charge in [-0.25, -0.2) is 18.4 Å². The number of sulfonamides is 1. The van der Waals surface area contributed by atoms with E-state index in [1.165, 1.54) is 6.33 Å². The molecule has 8 nitrogen and oxygen atoms in total. The predicted molar refractivity (Wildman–Crippen MR) is 122 cm³/mol. The molecule has 3 aromatic rings. The molecule has 1 aromatic heterocycles. The van der Waals surface area contributed by atoms with Crippen LogP contribution in [0.2, 0.25) is 0 Å².